The Kier molecular flexibility index (Phi) is 8.50. The summed E-state index contributed by atoms with van der Waals surface area (Å²) in [6, 6.07) is 29.0. The highest BCUT2D eigenvalue weighted by atomic mass is 16.2. The predicted octanol–water partition coefficient (Wildman–Crippen LogP) is 5.39. The van der Waals surface area contributed by atoms with E-state index in [1.807, 2.05) is 91.0 Å². The molecule has 176 valence electrons. The molecule has 1 aliphatic rings. The largest absolute Gasteiger partial charge is 0.352 e. The normalized spacial score (nSPS) is 15.3. The van der Waals surface area contributed by atoms with Crippen LogP contribution in [-0.2, 0) is 16.0 Å². The van der Waals surface area contributed by atoms with Crippen LogP contribution < -0.4 is 10.6 Å². The standard InChI is InChI=1S/C30H34N2O2/c33-29(31-26-20-12-1-2-13-21-26)27(22-23-14-6-3-7-15-23)32-30(34)28(24-16-8-4-9-17-24)25-18-10-5-11-19-25/h3-11,14-19,26-28H,1-2,12-13,20-22H2,(H,31,33)(H,32,34)/t27-/m0/s1. The zero-order valence-electron chi connectivity index (χ0n) is 19.7. The van der Waals surface area contributed by atoms with Crippen LogP contribution in [-0.4, -0.2) is 23.9 Å². The second-order valence-corrected chi connectivity index (χ2v) is 9.20. The summed E-state index contributed by atoms with van der Waals surface area (Å²) in [5.74, 6) is -0.732. The van der Waals surface area contributed by atoms with Crippen LogP contribution in [0, 0.1) is 0 Å². The molecule has 4 heteroatoms. The fraction of sp³-hybridized carbons (Fsp3) is 0.333. The van der Waals surface area contributed by atoms with Crippen LogP contribution in [0.4, 0.5) is 0 Å². The summed E-state index contributed by atoms with van der Waals surface area (Å²) in [6.07, 6.45) is 7.22. The van der Waals surface area contributed by atoms with Gasteiger partial charge in [0.2, 0.25) is 11.8 Å². The molecule has 2 N–H and O–H groups in total. The molecule has 0 bridgehead atoms. The van der Waals surface area contributed by atoms with E-state index >= 15 is 0 Å². The van der Waals surface area contributed by atoms with Crippen molar-refractivity contribution in [2.75, 3.05) is 0 Å². The summed E-state index contributed by atoms with van der Waals surface area (Å²) < 4.78 is 0. The molecule has 4 nitrogen and oxygen atoms in total. The summed E-state index contributed by atoms with van der Waals surface area (Å²) in [5.41, 5.74) is 2.85. The Balaban J connectivity index is 1.57. The van der Waals surface area contributed by atoms with Crippen LogP contribution in [0.3, 0.4) is 0 Å². The van der Waals surface area contributed by atoms with Crippen molar-refractivity contribution in [2.24, 2.45) is 0 Å². The van der Waals surface area contributed by atoms with Gasteiger partial charge in [-0.1, -0.05) is 117 Å². The predicted molar refractivity (Wildman–Crippen MR) is 136 cm³/mol. The second-order valence-electron chi connectivity index (χ2n) is 9.20. The van der Waals surface area contributed by atoms with E-state index in [9.17, 15) is 9.59 Å². The van der Waals surface area contributed by atoms with E-state index in [0.717, 1.165) is 42.4 Å². The number of nitrogens with one attached hydrogen (secondary N) is 2. The summed E-state index contributed by atoms with van der Waals surface area (Å²) in [6.45, 7) is 0. The smallest absolute Gasteiger partial charge is 0.243 e. The third kappa shape index (κ3) is 6.57. The zero-order chi connectivity index (χ0) is 23.6. The first-order chi connectivity index (χ1) is 16.7. The van der Waals surface area contributed by atoms with Gasteiger partial charge in [-0.05, 0) is 29.5 Å². The minimum atomic E-state index is -0.631. The lowest BCUT2D eigenvalue weighted by Crippen LogP contribution is -2.51. The molecule has 0 heterocycles. The highest BCUT2D eigenvalue weighted by Gasteiger charge is 2.29. The molecule has 0 aliphatic heterocycles. The van der Waals surface area contributed by atoms with Crippen molar-refractivity contribution in [3.63, 3.8) is 0 Å². The Morgan fingerprint density at radius 1 is 0.676 bits per heavy atom. The van der Waals surface area contributed by atoms with Gasteiger partial charge in [-0.3, -0.25) is 9.59 Å². The number of carbonyl (C=O) groups is 2. The maximum atomic E-state index is 13.7. The van der Waals surface area contributed by atoms with Crippen molar-refractivity contribution in [3.8, 4) is 0 Å². The van der Waals surface area contributed by atoms with Crippen LogP contribution in [0.15, 0.2) is 91.0 Å². The van der Waals surface area contributed by atoms with Gasteiger partial charge in [-0.15, -0.1) is 0 Å². The number of hydrogen-bond donors (Lipinski definition) is 2. The van der Waals surface area contributed by atoms with Crippen LogP contribution in [0.5, 0.6) is 0 Å². The van der Waals surface area contributed by atoms with Gasteiger partial charge >= 0.3 is 0 Å². The lowest BCUT2D eigenvalue weighted by atomic mass is 9.90. The molecule has 0 spiro atoms. The summed E-state index contributed by atoms with van der Waals surface area (Å²) in [5, 5.41) is 6.37. The van der Waals surface area contributed by atoms with E-state index in [4.69, 9.17) is 0 Å². The van der Waals surface area contributed by atoms with Gasteiger partial charge in [-0.25, -0.2) is 0 Å². The molecule has 3 aromatic carbocycles. The van der Waals surface area contributed by atoms with Gasteiger partial charge in [0.1, 0.15) is 6.04 Å². The van der Waals surface area contributed by atoms with Gasteiger partial charge < -0.3 is 10.6 Å². The first-order valence-corrected chi connectivity index (χ1v) is 12.5. The lowest BCUT2D eigenvalue weighted by Gasteiger charge is -2.25. The second kappa shape index (κ2) is 12.2. The Morgan fingerprint density at radius 3 is 1.71 bits per heavy atom. The van der Waals surface area contributed by atoms with Crippen LogP contribution in [0.2, 0.25) is 0 Å². The Morgan fingerprint density at radius 2 is 1.18 bits per heavy atom. The molecule has 4 rings (SSSR count). The molecule has 0 aromatic heterocycles. The number of rotatable bonds is 8. The van der Waals surface area contributed by atoms with Crippen LogP contribution in [0.1, 0.15) is 61.1 Å². The molecular weight excluding hydrogens is 420 g/mol. The molecule has 0 unspecified atom stereocenters. The first-order valence-electron chi connectivity index (χ1n) is 12.5. The van der Waals surface area contributed by atoms with E-state index in [-0.39, 0.29) is 17.9 Å². The SMILES string of the molecule is O=C(N[C@@H](Cc1ccccc1)C(=O)NC1CCCCCC1)C(c1ccccc1)c1ccccc1. The highest BCUT2D eigenvalue weighted by Crippen LogP contribution is 2.25. The molecule has 1 atom stereocenters. The number of hydrogen-bond acceptors (Lipinski definition) is 2. The molecule has 0 saturated heterocycles. The Bertz CT molecular complexity index is 990. The average Bonchev–Trinajstić information content (AvgIpc) is 3.14. The van der Waals surface area contributed by atoms with Gasteiger partial charge in [-0.2, -0.15) is 0 Å². The van der Waals surface area contributed by atoms with Crippen molar-refractivity contribution in [3.05, 3.63) is 108 Å². The fourth-order valence-corrected chi connectivity index (χ4v) is 4.83. The van der Waals surface area contributed by atoms with Crippen molar-refractivity contribution >= 4 is 11.8 Å². The summed E-state index contributed by atoms with van der Waals surface area (Å²) in [7, 11) is 0. The van der Waals surface area contributed by atoms with E-state index in [1.54, 1.807) is 0 Å². The maximum Gasteiger partial charge on any atom is 0.243 e. The maximum absolute atomic E-state index is 13.7. The monoisotopic (exact) mass is 454 g/mol. The molecule has 0 radical (unpaired) electrons. The molecule has 34 heavy (non-hydrogen) atoms. The van der Waals surface area contributed by atoms with Gasteiger partial charge in [0.15, 0.2) is 0 Å². The molecule has 1 saturated carbocycles. The molecule has 2 amide bonds. The lowest BCUT2D eigenvalue weighted by molar-refractivity contribution is -0.129. The van der Waals surface area contributed by atoms with Crippen LogP contribution in [0.25, 0.3) is 0 Å². The highest BCUT2D eigenvalue weighted by molar-refractivity contribution is 5.92. The third-order valence-corrected chi connectivity index (χ3v) is 6.65. The van der Waals surface area contributed by atoms with Gasteiger partial charge in [0.05, 0.1) is 5.92 Å². The third-order valence-electron chi connectivity index (χ3n) is 6.65. The fourth-order valence-electron chi connectivity index (χ4n) is 4.83. The number of carbonyl (C=O) groups excluding carboxylic acids is 2. The van der Waals surface area contributed by atoms with Crippen molar-refractivity contribution in [1.82, 2.24) is 10.6 Å². The summed E-state index contributed by atoms with van der Waals surface area (Å²) in [4.78, 5) is 27.1. The number of amides is 2. The minimum Gasteiger partial charge on any atom is -0.352 e. The zero-order valence-corrected chi connectivity index (χ0v) is 19.7. The van der Waals surface area contributed by atoms with Gasteiger partial charge in [0, 0.05) is 12.5 Å². The minimum absolute atomic E-state index is 0.0935. The Hall–Kier alpha value is -3.40. The summed E-state index contributed by atoms with van der Waals surface area (Å²) >= 11 is 0. The average molecular weight is 455 g/mol. The van der Waals surface area contributed by atoms with E-state index in [2.05, 4.69) is 10.6 Å². The van der Waals surface area contributed by atoms with Crippen molar-refractivity contribution < 1.29 is 9.59 Å². The van der Waals surface area contributed by atoms with Crippen molar-refractivity contribution in [1.29, 1.82) is 0 Å². The number of benzene rings is 3. The van der Waals surface area contributed by atoms with Gasteiger partial charge in [0.25, 0.3) is 0 Å². The molecule has 1 fully saturated rings. The molecular formula is C30H34N2O2. The van der Waals surface area contributed by atoms with E-state index in [0.29, 0.717) is 6.42 Å². The van der Waals surface area contributed by atoms with E-state index in [1.165, 1.54) is 12.8 Å². The Labute approximate surface area is 202 Å². The molecule has 1 aliphatic carbocycles. The van der Waals surface area contributed by atoms with Crippen molar-refractivity contribution in [2.45, 2.75) is 62.9 Å². The van der Waals surface area contributed by atoms with Crippen LogP contribution >= 0.6 is 0 Å². The quantitative estimate of drug-likeness (QED) is 0.449. The first kappa shape index (κ1) is 23.7. The van der Waals surface area contributed by atoms with E-state index < -0.39 is 12.0 Å². The topological polar surface area (TPSA) is 58.2 Å². The molecule has 3 aromatic rings.